The van der Waals surface area contributed by atoms with Crippen LogP contribution >= 0.6 is 0 Å². The first kappa shape index (κ1) is 23.5. The zero-order chi connectivity index (χ0) is 23.1. The molecular weight excluding hydrogens is 419 g/mol. The number of guanidine groups is 1. The van der Waals surface area contributed by atoms with Gasteiger partial charge in [-0.05, 0) is 42.9 Å². The third kappa shape index (κ3) is 5.56. The van der Waals surface area contributed by atoms with Gasteiger partial charge in [-0.25, -0.2) is 0 Å². The van der Waals surface area contributed by atoms with E-state index in [4.69, 9.17) is 0 Å². The number of alkyl halides is 3. The summed E-state index contributed by atoms with van der Waals surface area (Å²) in [6.45, 7) is 6.49. The van der Waals surface area contributed by atoms with Crippen LogP contribution in [0.2, 0.25) is 0 Å². The van der Waals surface area contributed by atoms with E-state index in [-0.39, 0.29) is 6.04 Å². The third-order valence-corrected chi connectivity index (χ3v) is 5.36. The number of likely N-dealkylation sites (N-methyl/N-ethyl adjacent to an activating group) is 1. The van der Waals surface area contributed by atoms with Crippen LogP contribution in [0.25, 0.3) is 5.65 Å². The number of hydrogen-bond acceptors (Lipinski definition) is 4. The Labute approximate surface area is 185 Å². The van der Waals surface area contributed by atoms with Gasteiger partial charge in [-0.2, -0.15) is 13.2 Å². The first-order chi connectivity index (χ1) is 15.4. The van der Waals surface area contributed by atoms with Crippen molar-refractivity contribution in [1.82, 2.24) is 30.1 Å². The summed E-state index contributed by atoms with van der Waals surface area (Å²) in [6.07, 6.45) is -2.46. The molecule has 2 heterocycles. The molecule has 32 heavy (non-hydrogen) atoms. The average molecular weight is 448 g/mol. The quantitative estimate of drug-likeness (QED) is 0.409. The van der Waals surface area contributed by atoms with E-state index in [0.717, 1.165) is 42.3 Å². The van der Waals surface area contributed by atoms with E-state index >= 15 is 0 Å². The molecule has 0 saturated carbocycles. The van der Waals surface area contributed by atoms with E-state index in [1.165, 1.54) is 0 Å². The average Bonchev–Trinajstić information content (AvgIpc) is 3.21. The lowest BCUT2D eigenvalue weighted by Gasteiger charge is -2.31. The highest BCUT2D eigenvalue weighted by Crippen LogP contribution is 2.30. The molecule has 0 aliphatic carbocycles. The summed E-state index contributed by atoms with van der Waals surface area (Å²) in [5.41, 5.74) is 0.926. The van der Waals surface area contributed by atoms with Crippen molar-refractivity contribution >= 4 is 11.6 Å². The Balaban J connectivity index is 1.68. The molecule has 1 aromatic carbocycles. The number of nitrogens with one attached hydrogen (secondary N) is 2. The highest BCUT2D eigenvalue weighted by molar-refractivity contribution is 5.79. The molecule has 0 bridgehead atoms. The van der Waals surface area contributed by atoms with E-state index < -0.39 is 11.7 Å². The van der Waals surface area contributed by atoms with Crippen LogP contribution in [0.15, 0.2) is 53.7 Å². The van der Waals surface area contributed by atoms with Crippen molar-refractivity contribution in [3.8, 4) is 0 Å². The van der Waals surface area contributed by atoms with Crippen LogP contribution in [0.1, 0.15) is 36.8 Å². The molecule has 1 unspecified atom stereocenters. The Hall–Kier alpha value is -3.14. The maximum Gasteiger partial charge on any atom is 0.416 e. The van der Waals surface area contributed by atoms with Gasteiger partial charge in [0.25, 0.3) is 0 Å². The Bertz CT molecular complexity index is 1020. The largest absolute Gasteiger partial charge is 0.416 e. The van der Waals surface area contributed by atoms with Crippen molar-refractivity contribution in [2.24, 2.45) is 4.99 Å². The van der Waals surface area contributed by atoms with Crippen molar-refractivity contribution in [2.75, 3.05) is 26.7 Å². The number of aliphatic imine (C=N–C) groups is 1. The number of rotatable bonds is 8. The van der Waals surface area contributed by atoms with Gasteiger partial charge in [-0.1, -0.05) is 32.0 Å². The second kappa shape index (κ2) is 10.4. The van der Waals surface area contributed by atoms with Crippen molar-refractivity contribution in [3.63, 3.8) is 0 Å². The van der Waals surface area contributed by atoms with Gasteiger partial charge >= 0.3 is 6.18 Å². The lowest BCUT2D eigenvalue weighted by molar-refractivity contribution is -0.137. The molecule has 0 amide bonds. The third-order valence-electron chi connectivity index (χ3n) is 5.36. The molecular formula is C22H28F3N7. The zero-order valence-electron chi connectivity index (χ0n) is 18.4. The molecule has 7 nitrogen and oxygen atoms in total. The number of halogens is 3. The van der Waals surface area contributed by atoms with Crippen molar-refractivity contribution in [3.05, 3.63) is 65.6 Å². The summed E-state index contributed by atoms with van der Waals surface area (Å²) in [6, 6.07) is 10.9. The van der Waals surface area contributed by atoms with E-state index in [1.54, 1.807) is 19.2 Å². The van der Waals surface area contributed by atoms with Gasteiger partial charge in [0.15, 0.2) is 17.4 Å². The van der Waals surface area contributed by atoms with Crippen LogP contribution in [-0.4, -0.2) is 52.1 Å². The van der Waals surface area contributed by atoms with Gasteiger partial charge in [-0.3, -0.25) is 14.3 Å². The molecule has 172 valence electrons. The Morgan fingerprint density at radius 2 is 1.78 bits per heavy atom. The molecule has 2 aromatic heterocycles. The SMILES string of the molecule is CCN(CC)C(CNC(=NC)NCc1nnc2ccccn12)c1ccc(C(F)(F)F)cc1. The Morgan fingerprint density at radius 3 is 2.41 bits per heavy atom. The summed E-state index contributed by atoms with van der Waals surface area (Å²) in [5.74, 6) is 1.31. The fourth-order valence-corrected chi connectivity index (χ4v) is 3.60. The van der Waals surface area contributed by atoms with Crippen LogP contribution in [-0.2, 0) is 12.7 Å². The van der Waals surface area contributed by atoms with E-state index in [1.807, 2.05) is 42.6 Å². The first-order valence-corrected chi connectivity index (χ1v) is 10.5. The maximum atomic E-state index is 13.0. The number of aromatic nitrogens is 3. The van der Waals surface area contributed by atoms with Crippen LogP contribution < -0.4 is 10.6 Å². The van der Waals surface area contributed by atoms with Crippen molar-refractivity contribution in [1.29, 1.82) is 0 Å². The predicted molar refractivity (Wildman–Crippen MR) is 118 cm³/mol. The van der Waals surface area contributed by atoms with Gasteiger partial charge in [0.2, 0.25) is 0 Å². The number of hydrogen-bond donors (Lipinski definition) is 2. The first-order valence-electron chi connectivity index (χ1n) is 10.5. The second-order valence-corrected chi connectivity index (χ2v) is 7.21. The minimum atomic E-state index is -4.35. The van der Waals surface area contributed by atoms with E-state index in [2.05, 4.69) is 30.7 Å². The van der Waals surface area contributed by atoms with Crippen molar-refractivity contribution in [2.45, 2.75) is 32.6 Å². The molecule has 1 atom stereocenters. The zero-order valence-corrected chi connectivity index (χ0v) is 18.4. The smallest absolute Gasteiger partial charge is 0.354 e. The highest BCUT2D eigenvalue weighted by atomic mass is 19.4. The number of fused-ring (bicyclic) bond motifs is 1. The van der Waals surface area contributed by atoms with Crippen LogP contribution in [0.5, 0.6) is 0 Å². The van der Waals surface area contributed by atoms with Crippen molar-refractivity contribution < 1.29 is 13.2 Å². The van der Waals surface area contributed by atoms with Gasteiger partial charge in [0.1, 0.15) is 0 Å². The van der Waals surface area contributed by atoms with Gasteiger partial charge < -0.3 is 10.6 Å². The lowest BCUT2D eigenvalue weighted by Crippen LogP contribution is -2.43. The molecule has 2 N–H and O–H groups in total. The fourth-order valence-electron chi connectivity index (χ4n) is 3.60. The van der Waals surface area contributed by atoms with Crippen LogP contribution in [0, 0.1) is 0 Å². The van der Waals surface area contributed by atoms with E-state index in [9.17, 15) is 13.2 Å². The van der Waals surface area contributed by atoms with Crippen LogP contribution in [0.4, 0.5) is 13.2 Å². The van der Waals surface area contributed by atoms with E-state index in [0.29, 0.717) is 19.0 Å². The molecule has 0 aliphatic rings. The summed E-state index contributed by atoms with van der Waals surface area (Å²) in [5, 5.41) is 14.8. The Kier molecular flexibility index (Phi) is 7.68. The normalized spacial score (nSPS) is 13.5. The number of pyridine rings is 1. The molecule has 0 fully saturated rings. The molecule has 0 spiro atoms. The van der Waals surface area contributed by atoms with Gasteiger partial charge in [-0.15, -0.1) is 10.2 Å². The number of nitrogens with zero attached hydrogens (tertiary/aromatic N) is 5. The van der Waals surface area contributed by atoms with Crippen LogP contribution in [0.3, 0.4) is 0 Å². The molecule has 10 heteroatoms. The fraction of sp³-hybridized carbons (Fsp3) is 0.409. The molecule has 3 rings (SSSR count). The molecule has 0 saturated heterocycles. The van der Waals surface area contributed by atoms with Gasteiger partial charge in [0, 0.05) is 19.8 Å². The number of benzene rings is 1. The minimum absolute atomic E-state index is 0.111. The standard InChI is InChI=1S/C22H28F3N7/c1-4-31(5-2)18(16-9-11-17(12-10-16)22(23,24)25)14-27-21(26-3)28-15-20-30-29-19-8-6-7-13-32(19)20/h6-13,18H,4-5,14-15H2,1-3H3,(H2,26,27,28). The summed E-state index contributed by atoms with van der Waals surface area (Å²) in [4.78, 5) is 6.45. The molecule has 0 radical (unpaired) electrons. The monoisotopic (exact) mass is 447 g/mol. The summed E-state index contributed by atoms with van der Waals surface area (Å²) >= 11 is 0. The maximum absolute atomic E-state index is 13.0. The predicted octanol–water partition coefficient (Wildman–Crippen LogP) is 3.50. The van der Waals surface area contributed by atoms with Gasteiger partial charge in [0.05, 0.1) is 18.2 Å². The molecule has 3 aromatic rings. The Morgan fingerprint density at radius 1 is 1.06 bits per heavy atom. The summed E-state index contributed by atoms with van der Waals surface area (Å²) in [7, 11) is 1.67. The lowest BCUT2D eigenvalue weighted by atomic mass is 10.0. The summed E-state index contributed by atoms with van der Waals surface area (Å²) < 4.78 is 40.7. The molecule has 0 aliphatic heterocycles. The highest BCUT2D eigenvalue weighted by Gasteiger charge is 2.30. The topological polar surface area (TPSA) is 69.8 Å². The second-order valence-electron chi connectivity index (χ2n) is 7.21. The minimum Gasteiger partial charge on any atom is -0.354 e.